The van der Waals surface area contributed by atoms with Crippen LogP contribution in [0.4, 0.5) is 0 Å². The van der Waals surface area contributed by atoms with E-state index in [1.54, 1.807) is 23.5 Å². The lowest BCUT2D eigenvalue weighted by molar-refractivity contribution is 0.181. The van der Waals surface area contributed by atoms with Crippen LogP contribution in [0.3, 0.4) is 0 Å². The molecule has 6 heteroatoms. The van der Waals surface area contributed by atoms with Crippen LogP contribution in [0.1, 0.15) is 11.1 Å². The molecule has 0 bridgehead atoms. The first-order valence-electron chi connectivity index (χ1n) is 8.42. The molecule has 3 rings (SSSR count). The Hall–Kier alpha value is -1.89. The molecule has 1 aliphatic heterocycles. The highest BCUT2D eigenvalue weighted by atomic mass is 32.2. The zero-order valence-electron chi connectivity index (χ0n) is 14.7. The monoisotopic (exact) mass is 360 g/mol. The van der Waals surface area contributed by atoms with E-state index in [1.165, 1.54) is 5.56 Å². The second-order valence-corrected chi connectivity index (χ2v) is 8.20. The molecule has 0 aliphatic carbocycles. The van der Waals surface area contributed by atoms with Crippen LogP contribution >= 0.6 is 0 Å². The zero-order valence-corrected chi connectivity index (χ0v) is 15.5. The van der Waals surface area contributed by atoms with Gasteiger partial charge in [0, 0.05) is 32.7 Å². The van der Waals surface area contributed by atoms with Crippen LogP contribution in [0.15, 0.2) is 53.4 Å². The Morgan fingerprint density at radius 1 is 1.00 bits per heavy atom. The third-order valence-electron chi connectivity index (χ3n) is 4.58. The summed E-state index contributed by atoms with van der Waals surface area (Å²) in [4.78, 5) is 2.69. The summed E-state index contributed by atoms with van der Waals surface area (Å²) < 4.78 is 32.5. The van der Waals surface area contributed by atoms with E-state index >= 15 is 0 Å². The summed E-state index contributed by atoms with van der Waals surface area (Å²) in [6, 6.07) is 15.2. The van der Waals surface area contributed by atoms with Crippen molar-refractivity contribution in [3.05, 3.63) is 59.7 Å². The summed E-state index contributed by atoms with van der Waals surface area (Å²) in [6.45, 7) is 5.12. The first-order chi connectivity index (χ1) is 12.0. The van der Waals surface area contributed by atoms with Crippen LogP contribution in [0, 0.1) is 6.92 Å². The minimum atomic E-state index is -3.41. The van der Waals surface area contributed by atoms with Crippen LogP contribution in [0.5, 0.6) is 5.75 Å². The minimum absolute atomic E-state index is 0.413. The van der Waals surface area contributed by atoms with Gasteiger partial charge in [0.1, 0.15) is 5.75 Å². The van der Waals surface area contributed by atoms with Gasteiger partial charge in [0.15, 0.2) is 0 Å². The molecule has 0 atom stereocenters. The van der Waals surface area contributed by atoms with Gasteiger partial charge in [-0.3, -0.25) is 4.90 Å². The molecule has 1 heterocycles. The van der Waals surface area contributed by atoms with E-state index in [9.17, 15) is 8.42 Å². The predicted octanol–water partition coefficient (Wildman–Crippen LogP) is 2.51. The lowest BCUT2D eigenvalue weighted by Gasteiger charge is -2.34. The number of aryl methyl sites for hydroxylation is 1. The number of piperazine rings is 1. The van der Waals surface area contributed by atoms with Crippen molar-refractivity contribution in [3.8, 4) is 5.75 Å². The number of rotatable bonds is 5. The fourth-order valence-corrected chi connectivity index (χ4v) is 4.79. The Morgan fingerprint density at radius 3 is 2.40 bits per heavy atom. The first kappa shape index (κ1) is 17.9. The molecule has 0 radical (unpaired) electrons. The lowest BCUT2D eigenvalue weighted by Crippen LogP contribution is -2.48. The summed E-state index contributed by atoms with van der Waals surface area (Å²) in [6.07, 6.45) is 0. The minimum Gasteiger partial charge on any atom is -0.497 e. The maximum atomic E-state index is 12.8. The number of nitrogens with zero attached hydrogens (tertiary/aromatic N) is 2. The number of benzene rings is 2. The molecule has 0 amide bonds. The van der Waals surface area contributed by atoms with Crippen LogP contribution < -0.4 is 4.74 Å². The Kier molecular flexibility index (Phi) is 5.42. The van der Waals surface area contributed by atoms with Gasteiger partial charge < -0.3 is 4.74 Å². The van der Waals surface area contributed by atoms with E-state index in [0.717, 1.165) is 30.9 Å². The predicted molar refractivity (Wildman–Crippen MR) is 98.2 cm³/mol. The Labute approximate surface area is 149 Å². The van der Waals surface area contributed by atoms with Crippen molar-refractivity contribution in [1.82, 2.24) is 9.21 Å². The normalized spacial score (nSPS) is 16.7. The molecule has 1 aliphatic rings. The molecule has 1 saturated heterocycles. The average molecular weight is 360 g/mol. The molecule has 2 aromatic rings. The number of methoxy groups -OCH3 is 1. The van der Waals surface area contributed by atoms with Crippen molar-refractivity contribution in [1.29, 1.82) is 0 Å². The topological polar surface area (TPSA) is 49.9 Å². The molecular weight excluding hydrogens is 336 g/mol. The van der Waals surface area contributed by atoms with Gasteiger partial charge in [0.25, 0.3) is 0 Å². The van der Waals surface area contributed by atoms with Crippen molar-refractivity contribution in [3.63, 3.8) is 0 Å². The van der Waals surface area contributed by atoms with Crippen molar-refractivity contribution in [2.24, 2.45) is 0 Å². The number of ether oxygens (including phenoxy) is 1. The van der Waals surface area contributed by atoms with Gasteiger partial charge in [-0.2, -0.15) is 4.31 Å². The van der Waals surface area contributed by atoms with Crippen LogP contribution in [0.25, 0.3) is 0 Å². The highest BCUT2D eigenvalue weighted by molar-refractivity contribution is 7.89. The molecule has 1 fully saturated rings. The maximum Gasteiger partial charge on any atom is 0.243 e. The molecule has 5 nitrogen and oxygen atoms in total. The fourth-order valence-electron chi connectivity index (χ4n) is 3.14. The van der Waals surface area contributed by atoms with Gasteiger partial charge in [-0.25, -0.2) is 8.42 Å². The van der Waals surface area contributed by atoms with Gasteiger partial charge in [-0.1, -0.05) is 30.3 Å². The Morgan fingerprint density at radius 2 is 1.72 bits per heavy atom. The van der Waals surface area contributed by atoms with Crippen molar-refractivity contribution < 1.29 is 13.2 Å². The van der Waals surface area contributed by atoms with Crippen LogP contribution in [0.2, 0.25) is 0 Å². The molecule has 0 N–H and O–H groups in total. The van der Waals surface area contributed by atoms with Crippen LogP contribution in [-0.2, 0) is 16.6 Å². The maximum absolute atomic E-state index is 12.8. The number of hydrogen-bond acceptors (Lipinski definition) is 4. The smallest absolute Gasteiger partial charge is 0.243 e. The van der Waals surface area contributed by atoms with E-state index in [4.69, 9.17) is 4.74 Å². The van der Waals surface area contributed by atoms with E-state index in [2.05, 4.69) is 11.0 Å². The second-order valence-electron chi connectivity index (χ2n) is 6.30. The second kappa shape index (κ2) is 7.56. The molecule has 134 valence electrons. The first-order valence-corrected chi connectivity index (χ1v) is 9.86. The van der Waals surface area contributed by atoms with E-state index in [-0.39, 0.29) is 0 Å². The van der Waals surface area contributed by atoms with Gasteiger partial charge >= 0.3 is 0 Å². The summed E-state index contributed by atoms with van der Waals surface area (Å²) in [5.74, 6) is 0.846. The van der Waals surface area contributed by atoms with Gasteiger partial charge in [0.2, 0.25) is 10.0 Å². The lowest BCUT2D eigenvalue weighted by atomic mass is 10.2. The number of sulfonamides is 1. The molecule has 2 aromatic carbocycles. The van der Waals surface area contributed by atoms with Gasteiger partial charge in [0.05, 0.1) is 12.0 Å². The van der Waals surface area contributed by atoms with Crippen molar-refractivity contribution in [2.75, 3.05) is 33.3 Å². The molecule has 0 saturated carbocycles. The van der Waals surface area contributed by atoms with E-state index in [0.29, 0.717) is 18.0 Å². The molecule has 0 aromatic heterocycles. The molecule has 25 heavy (non-hydrogen) atoms. The highest BCUT2D eigenvalue weighted by Gasteiger charge is 2.29. The molecule has 0 unspecified atom stereocenters. The van der Waals surface area contributed by atoms with E-state index < -0.39 is 10.0 Å². The largest absolute Gasteiger partial charge is 0.497 e. The van der Waals surface area contributed by atoms with Gasteiger partial charge in [-0.15, -0.1) is 0 Å². The van der Waals surface area contributed by atoms with Crippen molar-refractivity contribution in [2.45, 2.75) is 18.4 Å². The standard InChI is InChI=1S/C19H24N2O3S/c1-16-6-3-4-9-19(16)25(22,23)21-12-10-20(11-13-21)15-17-7-5-8-18(14-17)24-2/h3-9,14H,10-13,15H2,1-2H3. The summed E-state index contributed by atoms with van der Waals surface area (Å²) in [5, 5.41) is 0. The SMILES string of the molecule is COc1cccc(CN2CCN(S(=O)(=O)c3ccccc3C)CC2)c1. The van der Waals surface area contributed by atoms with E-state index in [1.807, 2.05) is 37.3 Å². The Bertz CT molecular complexity index is 828. The van der Waals surface area contributed by atoms with Gasteiger partial charge in [-0.05, 0) is 36.2 Å². The average Bonchev–Trinajstić information content (AvgIpc) is 2.62. The third kappa shape index (κ3) is 4.03. The number of hydrogen-bond donors (Lipinski definition) is 0. The Balaban J connectivity index is 1.64. The van der Waals surface area contributed by atoms with Crippen molar-refractivity contribution >= 4 is 10.0 Å². The molecular formula is C19H24N2O3S. The third-order valence-corrected chi connectivity index (χ3v) is 6.64. The zero-order chi connectivity index (χ0) is 17.9. The summed E-state index contributed by atoms with van der Waals surface area (Å²) in [7, 11) is -1.75. The quantitative estimate of drug-likeness (QED) is 0.822. The summed E-state index contributed by atoms with van der Waals surface area (Å²) in [5.41, 5.74) is 1.97. The van der Waals surface area contributed by atoms with Crippen LogP contribution in [-0.4, -0.2) is 50.9 Å². The highest BCUT2D eigenvalue weighted by Crippen LogP contribution is 2.22. The summed E-state index contributed by atoms with van der Waals surface area (Å²) >= 11 is 0. The fraction of sp³-hybridized carbons (Fsp3) is 0.368. The molecule has 0 spiro atoms.